The summed E-state index contributed by atoms with van der Waals surface area (Å²) in [6, 6.07) is 9.23. The van der Waals surface area contributed by atoms with Gasteiger partial charge in [0.05, 0.1) is 17.2 Å². The second-order valence-electron chi connectivity index (χ2n) is 3.90. The number of sulfone groups is 1. The molecule has 0 radical (unpaired) electrons. The zero-order chi connectivity index (χ0) is 20.7. The highest BCUT2D eigenvalue weighted by Crippen LogP contribution is 2.24. The molecule has 0 aliphatic rings. The summed E-state index contributed by atoms with van der Waals surface area (Å²) in [6.07, 6.45) is -3.21. The van der Waals surface area contributed by atoms with Crippen molar-refractivity contribution >= 4 is 9.84 Å². The van der Waals surface area contributed by atoms with Gasteiger partial charge in [-0.3, -0.25) is 0 Å². The first-order valence-electron chi connectivity index (χ1n) is 9.02. The lowest BCUT2D eigenvalue weighted by Gasteiger charge is -2.10. The molecule has 5 heteroatoms. The van der Waals surface area contributed by atoms with E-state index in [1.807, 2.05) is 0 Å². The number of aromatic hydroxyl groups is 1. The van der Waals surface area contributed by atoms with E-state index < -0.39 is 29.6 Å². The predicted octanol–water partition coefficient (Wildman–Crippen LogP) is 3.01. The van der Waals surface area contributed by atoms with E-state index in [4.69, 9.17) is 14.3 Å². The van der Waals surface area contributed by atoms with Crippen molar-refractivity contribution in [3.63, 3.8) is 0 Å². The van der Waals surface area contributed by atoms with Crippen LogP contribution in [-0.2, 0) is 9.84 Å². The second kappa shape index (κ2) is 5.54. The van der Waals surface area contributed by atoms with Crippen molar-refractivity contribution in [2.24, 2.45) is 0 Å². The van der Waals surface area contributed by atoms with Gasteiger partial charge in [0.2, 0.25) is 9.84 Å². The third kappa shape index (κ3) is 3.11. The van der Waals surface area contributed by atoms with Gasteiger partial charge in [0.1, 0.15) is 11.5 Å². The van der Waals surface area contributed by atoms with Gasteiger partial charge in [-0.05, 0) is 62.2 Å². The van der Waals surface area contributed by atoms with Crippen LogP contribution >= 0.6 is 0 Å². The van der Waals surface area contributed by atoms with E-state index >= 15 is 0 Å². The smallest absolute Gasteiger partial charge is 0.206 e. The van der Waals surface area contributed by atoms with Crippen molar-refractivity contribution in [3.05, 3.63) is 48.5 Å². The van der Waals surface area contributed by atoms with Gasteiger partial charge < -0.3 is 9.84 Å². The highest BCUT2D eigenvalue weighted by atomic mass is 32.2. The highest BCUT2D eigenvalue weighted by molar-refractivity contribution is 7.91. The molecular formula is C15H16O4S. The van der Waals surface area contributed by atoms with E-state index in [1.54, 1.807) is 0 Å². The molecule has 0 spiro atoms. The third-order valence-electron chi connectivity index (χ3n) is 2.50. The Kier molecular flexibility index (Phi) is 2.13. The molecule has 2 rings (SSSR count). The molecule has 0 saturated heterocycles. The lowest BCUT2D eigenvalue weighted by molar-refractivity contribution is 0.242. The van der Waals surface area contributed by atoms with Crippen LogP contribution in [0.1, 0.15) is 23.3 Å². The largest absolute Gasteiger partial charge is 0.508 e. The molecule has 0 heterocycles. The van der Waals surface area contributed by atoms with Crippen LogP contribution in [-0.4, -0.2) is 19.6 Å². The van der Waals surface area contributed by atoms with E-state index in [1.165, 1.54) is 24.3 Å². The molecule has 1 N–H and O–H groups in total. The molecule has 106 valence electrons. The second-order valence-corrected chi connectivity index (χ2v) is 5.85. The molecule has 0 atom stereocenters. The Morgan fingerprint density at radius 1 is 1.05 bits per heavy atom. The van der Waals surface area contributed by atoms with E-state index in [9.17, 15) is 13.5 Å². The average Bonchev–Trinajstić information content (AvgIpc) is 2.53. The molecular weight excluding hydrogens is 276 g/mol. The summed E-state index contributed by atoms with van der Waals surface area (Å²) < 4.78 is 81.6. The number of hydrogen-bond acceptors (Lipinski definition) is 4. The molecule has 0 fully saturated rings. The van der Waals surface area contributed by atoms with Gasteiger partial charge in [-0.1, -0.05) is 0 Å². The predicted molar refractivity (Wildman–Crippen MR) is 75.8 cm³/mol. The van der Waals surface area contributed by atoms with Crippen LogP contribution in [0, 0.1) is 0 Å². The van der Waals surface area contributed by atoms with Crippen molar-refractivity contribution in [3.8, 4) is 11.5 Å². The topological polar surface area (TPSA) is 63.6 Å². The quantitative estimate of drug-likeness (QED) is 0.942. The first-order valence-corrected chi connectivity index (χ1v) is 7.00. The molecule has 0 unspecified atom stereocenters. The van der Waals surface area contributed by atoms with Crippen LogP contribution in [0.15, 0.2) is 58.3 Å². The van der Waals surface area contributed by atoms with Gasteiger partial charge in [0, 0.05) is 8.22 Å². The molecule has 0 saturated carbocycles. The number of rotatable bonds is 4. The van der Waals surface area contributed by atoms with Crippen molar-refractivity contribution in [1.29, 1.82) is 0 Å². The Morgan fingerprint density at radius 2 is 1.55 bits per heavy atom. The van der Waals surface area contributed by atoms with Crippen LogP contribution < -0.4 is 4.74 Å². The summed E-state index contributed by atoms with van der Waals surface area (Å²) in [5, 5.41) is 9.25. The number of hydrogen-bond donors (Lipinski definition) is 1. The zero-order valence-electron chi connectivity index (χ0n) is 17.2. The maximum Gasteiger partial charge on any atom is 0.206 e. The number of ether oxygens (including phenoxy) is 1. The molecule has 2 aromatic rings. The Hall–Kier alpha value is -2.01. The maximum atomic E-state index is 12.5. The minimum Gasteiger partial charge on any atom is -0.508 e. The van der Waals surface area contributed by atoms with E-state index in [0.717, 1.165) is 24.3 Å². The van der Waals surface area contributed by atoms with E-state index in [0.29, 0.717) is 0 Å². The van der Waals surface area contributed by atoms with Gasteiger partial charge in [0.25, 0.3) is 0 Å². The number of benzene rings is 2. The SMILES string of the molecule is [2H]C([2H])([2H])C([2H])(Oc1ccc(S(=O)(=O)c2ccc(O)cc2)cc1)C([2H])([2H])[2H]. The number of phenolic OH excluding ortho intramolecular Hbond substituents is 1. The minimum absolute atomic E-state index is 0.0752. The molecule has 20 heavy (non-hydrogen) atoms. The summed E-state index contributed by atoms with van der Waals surface area (Å²) >= 11 is 0. The van der Waals surface area contributed by atoms with Crippen LogP contribution in [0.3, 0.4) is 0 Å². The summed E-state index contributed by atoms with van der Waals surface area (Å²) in [6.45, 7) is -6.54. The van der Waals surface area contributed by atoms with E-state index in [2.05, 4.69) is 0 Å². The van der Waals surface area contributed by atoms with Gasteiger partial charge in [-0.15, -0.1) is 0 Å². The molecule has 2 aromatic carbocycles. The molecule has 0 aromatic heterocycles. The third-order valence-corrected chi connectivity index (χ3v) is 4.29. The average molecular weight is 299 g/mol. The fourth-order valence-corrected chi connectivity index (χ4v) is 2.83. The number of phenols is 1. The van der Waals surface area contributed by atoms with Crippen LogP contribution in [0.4, 0.5) is 0 Å². The first-order chi connectivity index (χ1) is 12.2. The van der Waals surface area contributed by atoms with E-state index in [-0.39, 0.29) is 21.3 Å². The molecule has 0 aliphatic heterocycles. The van der Waals surface area contributed by atoms with Crippen molar-refractivity contribution < 1.29 is 27.9 Å². The minimum atomic E-state index is -3.91. The van der Waals surface area contributed by atoms with Crippen LogP contribution in [0.5, 0.6) is 11.5 Å². The highest BCUT2D eigenvalue weighted by Gasteiger charge is 2.17. The Balaban J connectivity index is 2.36. The summed E-state index contributed by atoms with van der Waals surface area (Å²) in [5.41, 5.74) is 0. The fourth-order valence-electron chi connectivity index (χ4n) is 1.57. The van der Waals surface area contributed by atoms with Crippen molar-refractivity contribution in [1.82, 2.24) is 0 Å². The van der Waals surface area contributed by atoms with Crippen molar-refractivity contribution in [2.45, 2.75) is 29.6 Å². The fraction of sp³-hybridized carbons (Fsp3) is 0.200. The molecule has 0 amide bonds. The Bertz CT molecular complexity index is 887. The van der Waals surface area contributed by atoms with Crippen LogP contribution in [0.2, 0.25) is 0 Å². The lowest BCUT2D eigenvalue weighted by Crippen LogP contribution is -2.06. The zero-order valence-corrected chi connectivity index (χ0v) is 11.0. The summed E-state index contributed by atoms with van der Waals surface area (Å²) in [4.78, 5) is -0.229. The van der Waals surface area contributed by atoms with Crippen LogP contribution in [0.25, 0.3) is 0 Å². The van der Waals surface area contributed by atoms with Gasteiger partial charge in [0.15, 0.2) is 0 Å². The van der Waals surface area contributed by atoms with Gasteiger partial charge in [-0.25, -0.2) is 8.42 Å². The standard InChI is InChI=1S/C15H16O4S/c1-11(2)19-13-5-9-15(10-6-13)20(17,18)14-7-3-12(16)4-8-14/h3-11,16H,1-2H3/i1D3,2D3,11D. The van der Waals surface area contributed by atoms with Gasteiger partial charge in [-0.2, -0.15) is 0 Å². The monoisotopic (exact) mass is 299 g/mol. The molecule has 0 aliphatic carbocycles. The molecule has 4 nitrogen and oxygen atoms in total. The normalized spacial score (nSPS) is 18.5. The van der Waals surface area contributed by atoms with Gasteiger partial charge >= 0.3 is 0 Å². The maximum absolute atomic E-state index is 12.5. The summed E-state index contributed by atoms with van der Waals surface area (Å²) in [7, 11) is -3.91. The summed E-state index contributed by atoms with van der Waals surface area (Å²) in [5.74, 6) is -0.374. The Morgan fingerprint density at radius 3 is 2.05 bits per heavy atom. The first kappa shape index (κ1) is 7.69. The van der Waals surface area contributed by atoms with Crippen molar-refractivity contribution in [2.75, 3.05) is 0 Å². The Labute approximate surface area is 128 Å². The lowest BCUT2D eigenvalue weighted by atomic mass is 10.3. The molecule has 0 bridgehead atoms.